The molecule has 0 atom stereocenters. The van der Waals surface area contributed by atoms with Crippen LogP contribution in [0.4, 0.5) is 0 Å². The normalized spacial score (nSPS) is 11.3. The number of rotatable bonds is 5. The van der Waals surface area contributed by atoms with E-state index in [4.69, 9.17) is 4.98 Å². The molecule has 0 aliphatic heterocycles. The lowest BCUT2D eigenvalue weighted by molar-refractivity contribution is 0.0695. The highest BCUT2D eigenvalue weighted by atomic mass is 16.4. The fourth-order valence-electron chi connectivity index (χ4n) is 2.86. The van der Waals surface area contributed by atoms with Crippen LogP contribution in [-0.4, -0.2) is 20.6 Å². The molecule has 1 heterocycles. The summed E-state index contributed by atoms with van der Waals surface area (Å²) in [5.74, 6) is 0.595. The molecule has 1 aromatic heterocycles. The van der Waals surface area contributed by atoms with E-state index in [1.54, 1.807) is 12.1 Å². The van der Waals surface area contributed by atoms with E-state index >= 15 is 0 Å². The number of aromatic nitrogens is 2. The molecule has 0 aliphatic carbocycles. The molecule has 3 rings (SSSR count). The van der Waals surface area contributed by atoms with Crippen LogP contribution in [0.15, 0.2) is 48.5 Å². The summed E-state index contributed by atoms with van der Waals surface area (Å²) in [5.41, 5.74) is 3.15. The van der Waals surface area contributed by atoms with Crippen molar-refractivity contribution in [1.82, 2.24) is 9.55 Å². The van der Waals surface area contributed by atoms with Crippen LogP contribution < -0.4 is 0 Å². The van der Waals surface area contributed by atoms with E-state index in [1.807, 2.05) is 36.4 Å². The van der Waals surface area contributed by atoms with Crippen molar-refractivity contribution in [3.05, 3.63) is 65.5 Å². The van der Waals surface area contributed by atoms with Crippen LogP contribution in [0, 0.1) is 5.92 Å². The highest BCUT2D eigenvalue weighted by molar-refractivity contribution is 5.89. The van der Waals surface area contributed by atoms with Gasteiger partial charge >= 0.3 is 5.97 Å². The zero-order valence-electron chi connectivity index (χ0n) is 13.4. The van der Waals surface area contributed by atoms with Crippen molar-refractivity contribution in [3.63, 3.8) is 0 Å². The zero-order chi connectivity index (χ0) is 16.4. The Morgan fingerprint density at radius 3 is 2.57 bits per heavy atom. The molecule has 4 heteroatoms. The molecule has 23 heavy (non-hydrogen) atoms. The maximum absolute atomic E-state index is 11.5. The number of para-hydroxylation sites is 2. The van der Waals surface area contributed by atoms with Gasteiger partial charge in [-0.15, -0.1) is 0 Å². The van der Waals surface area contributed by atoms with Gasteiger partial charge in [-0.2, -0.15) is 0 Å². The first-order valence-electron chi connectivity index (χ1n) is 7.81. The Bertz CT molecular complexity index is 849. The van der Waals surface area contributed by atoms with Crippen LogP contribution >= 0.6 is 0 Å². The lowest BCUT2D eigenvalue weighted by atomic mass is 10.1. The predicted molar refractivity (Wildman–Crippen MR) is 90.8 cm³/mol. The van der Waals surface area contributed by atoms with Gasteiger partial charge in [-0.05, 0) is 29.7 Å². The van der Waals surface area contributed by atoms with E-state index in [0.29, 0.717) is 18.0 Å². The van der Waals surface area contributed by atoms with Gasteiger partial charge in [0.2, 0.25) is 0 Å². The first-order chi connectivity index (χ1) is 11.1. The van der Waals surface area contributed by atoms with Gasteiger partial charge in [0.05, 0.1) is 23.1 Å². The molecule has 0 saturated heterocycles. The van der Waals surface area contributed by atoms with Crippen LogP contribution in [0.5, 0.6) is 0 Å². The number of nitrogens with zero attached hydrogens (tertiary/aromatic N) is 2. The van der Waals surface area contributed by atoms with Crippen molar-refractivity contribution in [2.75, 3.05) is 0 Å². The molecule has 0 amide bonds. The van der Waals surface area contributed by atoms with Gasteiger partial charge in [-0.3, -0.25) is 0 Å². The number of benzene rings is 2. The van der Waals surface area contributed by atoms with E-state index < -0.39 is 5.97 Å². The SMILES string of the molecule is CC(C)Cc1nc2ccccc2n1Cc1ccccc1C(=O)O. The monoisotopic (exact) mass is 308 g/mol. The lowest BCUT2D eigenvalue weighted by Gasteiger charge is -2.12. The van der Waals surface area contributed by atoms with Crippen molar-refractivity contribution < 1.29 is 9.90 Å². The Labute approximate surface area is 135 Å². The molecule has 0 radical (unpaired) electrons. The molecule has 0 spiro atoms. The lowest BCUT2D eigenvalue weighted by Crippen LogP contribution is -2.11. The van der Waals surface area contributed by atoms with E-state index in [9.17, 15) is 9.90 Å². The van der Waals surface area contributed by atoms with Gasteiger partial charge in [-0.1, -0.05) is 44.2 Å². The van der Waals surface area contributed by atoms with Crippen LogP contribution in [-0.2, 0) is 13.0 Å². The fourth-order valence-corrected chi connectivity index (χ4v) is 2.86. The molecular formula is C19H20N2O2. The van der Waals surface area contributed by atoms with Gasteiger partial charge in [0, 0.05) is 6.42 Å². The first-order valence-corrected chi connectivity index (χ1v) is 7.81. The predicted octanol–water partition coefficient (Wildman–Crippen LogP) is 3.98. The molecule has 0 aliphatic rings. The average Bonchev–Trinajstić information content (AvgIpc) is 2.85. The number of fused-ring (bicyclic) bond motifs is 1. The summed E-state index contributed by atoms with van der Waals surface area (Å²) in [6, 6.07) is 15.2. The van der Waals surface area contributed by atoms with Crippen LogP contribution in [0.25, 0.3) is 11.0 Å². The van der Waals surface area contributed by atoms with Crippen molar-refractivity contribution in [2.45, 2.75) is 26.8 Å². The third kappa shape index (κ3) is 3.11. The second kappa shape index (κ2) is 6.24. The molecular weight excluding hydrogens is 288 g/mol. The largest absolute Gasteiger partial charge is 0.478 e. The minimum absolute atomic E-state index is 0.348. The third-order valence-corrected chi connectivity index (χ3v) is 3.90. The Kier molecular flexibility index (Phi) is 4.15. The molecule has 3 aromatic rings. The molecule has 0 fully saturated rings. The fraction of sp³-hybridized carbons (Fsp3) is 0.263. The molecule has 1 N–H and O–H groups in total. The van der Waals surface area contributed by atoms with Crippen LogP contribution in [0.2, 0.25) is 0 Å². The van der Waals surface area contributed by atoms with E-state index in [0.717, 1.165) is 28.8 Å². The van der Waals surface area contributed by atoms with Crippen molar-refractivity contribution >= 4 is 17.0 Å². The topological polar surface area (TPSA) is 55.1 Å². The van der Waals surface area contributed by atoms with Crippen molar-refractivity contribution in [3.8, 4) is 0 Å². The number of aromatic carboxylic acids is 1. The summed E-state index contributed by atoms with van der Waals surface area (Å²) in [5, 5.41) is 9.40. The zero-order valence-corrected chi connectivity index (χ0v) is 13.4. The van der Waals surface area contributed by atoms with Crippen LogP contribution in [0.1, 0.15) is 35.6 Å². The van der Waals surface area contributed by atoms with Crippen LogP contribution in [0.3, 0.4) is 0 Å². The second-order valence-electron chi connectivity index (χ2n) is 6.16. The van der Waals surface area contributed by atoms with E-state index in [1.165, 1.54) is 0 Å². The molecule has 0 saturated carbocycles. The van der Waals surface area contributed by atoms with Gasteiger partial charge in [0.25, 0.3) is 0 Å². The Morgan fingerprint density at radius 1 is 1.13 bits per heavy atom. The quantitative estimate of drug-likeness (QED) is 0.775. The second-order valence-corrected chi connectivity index (χ2v) is 6.16. The number of imidazole rings is 1. The Balaban J connectivity index is 2.10. The Morgan fingerprint density at radius 2 is 1.83 bits per heavy atom. The molecule has 4 nitrogen and oxygen atoms in total. The highest BCUT2D eigenvalue weighted by Gasteiger charge is 2.15. The van der Waals surface area contributed by atoms with Gasteiger partial charge in [0.15, 0.2) is 0 Å². The molecule has 2 aromatic carbocycles. The summed E-state index contributed by atoms with van der Waals surface area (Å²) in [6.07, 6.45) is 0.865. The summed E-state index contributed by atoms with van der Waals surface area (Å²) in [4.78, 5) is 16.2. The summed E-state index contributed by atoms with van der Waals surface area (Å²) < 4.78 is 2.14. The van der Waals surface area contributed by atoms with Gasteiger partial charge in [0.1, 0.15) is 5.82 Å². The smallest absolute Gasteiger partial charge is 0.336 e. The third-order valence-electron chi connectivity index (χ3n) is 3.90. The number of hydrogen-bond acceptors (Lipinski definition) is 2. The maximum atomic E-state index is 11.5. The van der Waals surface area contributed by atoms with Crippen molar-refractivity contribution in [2.24, 2.45) is 5.92 Å². The number of carbonyl (C=O) groups is 1. The highest BCUT2D eigenvalue weighted by Crippen LogP contribution is 2.21. The summed E-state index contributed by atoms with van der Waals surface area (Å²) in [7, 11) is 0. The average molecular weight is 308 g/mol. The maximum Gasteiger partial charge on any atom is 0.336 e. The number of carboxylic acid groups (broad SMARTS) is 1. The first kappa shape index (κ1) is 15.3. The molecule has 0 bridgehead atoms. The van der Waals surface area contributed by atoms with E-state index in [-0.39, 0.29) is 0 Å². The molecule has 0 unspecified atom stereocenters. The minimum atomic E-state index is -0.893. The van der Waals surface area contributed by atoms with E-state index in [2.05, 4.69) is 18.4 Å². The molecule has 118 valence electrons. The minimum Gasteiger partial charge on any atom is -0.478 e. The van der Waals surface area contributed by atoms with Gasteiger partial charge < -0.3 is 9.67 Å². The van der Waals surface area contributed by atoms with Crippen molar-refractivity contribution in [1.29, 1.82) is 0 Å². The summed E-state index contributed by atoms with van der Waals surface area (Å²) in [6.45, 7) is 4.84. The van der Waals surface area contributed by atoms with Gasteiger partial charge in [-0.25, -0.2) is 9.78 Å². The number of carboxylic acids is 1. The standard InChI is InChI=1S/C19H20N2O2/c1-13(2)11-18-20-16-9-5-6-10-17(16)21(18)12-14-7-3-4-8-15(14)19(22)23/h3-10,13H,11-12H2,1-2H3,(H,22,23). The summed E-state index contributed by atoms with van der Waals surface area (Å²) >= 11 is 0. The number of hydrogen-bond donors (Lipinski definition) is 1. The Hall–Kier alpha value is -2.62.